The van der Waals surface area contributed by atoms with Gasteiger partial charge >= 0.3 is 5.88 Å². The molecule has 10 heteroatoms. The van der Waals surface area contributed by atoms with Crippen LogP contribution in [0.4, 0.5) is 11.6 Å². The monoisotopic (exact) mass is 324 g/mol. The van der Waals surface area contributed by atoms with Crippen LogP contribution in [-0.2, 0) is 10.1 Å². The minimum absolute atomic E-state index is 0.220. The summed E-state index contributed by atoms with van der Waals surface area (Å²) in [6, 6.07) is 7.65. The maximum Gasteiger partial charge on any atom is 0.433 e. The van der Waals surface area contributed by atoms with Crippen molar-refractivity contribution in [2.24, 2.45) is 5.10 Å². The number of benzene rings is 1. The molecule has 1 aromatic carbocycles. The smallest absolute Gasteiger partial charge is 0.433 e. The predicted molar refractivity (Wildman–Crippen MR) is 75.6 cm³/mol. The predicted octanol–water partition coefficient (Wildman–Crippen LogP) is 1.93. The molecule has 1 aromatic heterocycles. The molecule has 0 saturated carbocycles. The first-order valence-corrected chi connectivity index (χ1v) is 7.29. The van der Waals surface area contributed by atoms with Crippen molar-refractivity contribution in [1.82, 2.24) is 0 Å². The summed E-state index contributed by atoms with van der Waals surface area (Å²) in [6.07, 6.45) is 0. The zero-order valence-electron chi connectivity index (χ0n) is 11.2. The van der Waals surface area contributed by atoms with Crippen LogP contribution < -0.4 is 5.43 Å². The van der Waals surface area contributed by atoms with E-state index in [0.717, 1.165) is 12.1 Å². The average molecular weight is 324 g/mol. The molecule has 0 aliphatic heterocycles. The van der Waals surface area contributed by atoms with Crippen molar-refractivity contribution in [3.63, 3.8) is 0 Å². The van der Waals surface area contributed by atoms with Crippen molar-refractivity contribution in [2.75, 3.05) is 5.43 Å². The second-order valence-electron chi connectivity index (χ2n) is 4.18. The van der Waals surface area contributed by atoms with Gasteiger partial charge in [-0.15, -0.1) is 0 Å². The van der Waals surface area contributed by atoms with Crippen molar-refractivity contribution in [3.05, 3.63) is 52.3 Å². The van der Waals surface area contributed by atoms with Gasteiger partial charge in [-0.25, -0.2) is 8.42 Å². The van der Waals surface area contributed by atoms with Crippen LogP contribution in [-0.4, -0.2) is 23.6 Å². The van der Waals surface area contributed by atoms with E-state index in [1.807, 2.05) is 0 Å². The van der Waals surface area contributed by atoms with E-state index >= 15 is 0 Å². The van der Waals surface area contributed by atoms with Gasteiger partial charge in [-0.2, -0.15) is 5.10 Å². The number of rotatable bonds is 5. The molecule has 1 heterocycles. The Hall–Kier alpha value is -2.72. The Morgan fingerprint density at radius 1 is 1.23 bits per heavy atom. The van der Waals surface area contributed by atoms with Crippen molar-refractivity contribution < 1.29 is 22.3 Å². The van der Waals surface area contributed by atoms with Crippen molar-refractivity contribution in [1.29, 1.82) is 0 Å². The summed E-state index contributed by atoms with van der Waals surface area (Å²) in [4.78, 5) is 9.50. The molecule has 0 unspecified atom stereocenters. The molecule has 0 saturated heterocycles. The lowest BCUT2D eigenvalue weighted by Gasteiger charge is -2.07. The van der Waals surface area contributed by atoms with E-state index in [4.69, 9.17) is 4.42 Å². The van der Waals surface area contributed by atoms with Gasteiger partial charge in [0, 0.05) is 0 Å². The van der Waals surface area contributed by atoms with E-state index in [2.05, 4.69) is 10.5 Å². The standard InChI is InChI=1S/C12H11N3O6S/c1-8(11-6-7-12(21-11)15(16)17)13-14-9-2-4-10(5-3-9)22(18,19)20/h2-7,14H,1H3,(H,18,19,20)/p-1/b13-8-. The van der Waals surface area contributed by atoms with Crippen LogP contribution in [0.2, 0.25) is 0 Å². The summed E-state index contributed by atoms with van der Waals surface area (Å²) in [5.74, 6) is -0.174. The summed E-state index contributed by atoms with van der Waals surface area (Å²) in [6.45, 7) is 1.58. The Kier molecular flexibility index (Phi) is 4.24. The van der Waals surface area contributed by atoms with Gasteiger partial charge in [0.15, 0.2) is 5.76 Å². The molecule has 0 aliphatic rings. The summed E-state index contributed by atoms with van der Waals surface area (Å²) >= 11 is 0. The van der Waals surface area contributed by atoms with Crippen LogP contribution in [0, 0.1) is 10.1 Å². The largest absolute Gasteiger partial charge is 0.744 e. The van der Waals surface area contributed by atoms with Crippen molar-refractivity contribution in [2.45, 2.75) is 11.8 Å². The molecule has 2 aromatic rings. The van der Waals surface area contributed by atoms with Gasteiger partial charge < -0.3 is 8.97 Å². The molecule has 2 rings (SSSR count). The highest BCUT2D eigenvalue weighted by molar-refractivity contribution is 7.85. The highest BCUT2D eigenvalue weighted by Crippen LogP contribution is 2.17. The highest BCUT2D eigenvalue weighted by Gasteiger charge is 2.13. The minimum Gasteiger partial charge on any atom is -0.744 e. The summed E-state index contributed by atoms with van der Waals surface area (Å²) in [5, 5.41) is 14.5. The van der Waals surface area contributed by atoms with E-state index in [-0.39, 0.29) is 10.7 Å². The molecule has 0 bridgehead atoms. The van der Waals surface area contributed by atoms with Gasteiger partial charge in [-0.1, -0.05) is 0 Å². The Morgan fingerprint density at radius 2 is 1.86 bits per heavy atom. The quantitative estimate of drug-likeness (QED) is 0.383. The van der Waals surface area contributed by atoms with Crippen LogP contribution in [0.15, 0.2) is 50.8 Å². The number of nitrogens with one attached hydrogen (secondary N) is 1. The normalized spacial score (nSPS) is 12.2. The zero-order chi connectivity index (χ0) is 16.3. The van der Waals surface area contributed by atoms with Crippen LogP contribution in [0.1, 0.15) is 12.7 Å². The van der Waals surface area contributed by atoms with E-state index in [9.17, 15) is 23.1 Å². The van der Waals surface area contributed by atoms with Crippen molar-refractivity contribution >= 4 is 27.4 Å². The second kappa shape index (κ2) is 5.95. The Morgan fingerprint density at radius 3 is 2.36 bits per heavy atom. The van der Waals surface area contributed by atoms with Crippen molar-refractivity contribution in [3.8, 4) is 0 Å². The molecular formula is C12H10N3O6S-. The Balaban J connectivity index is 2.11. The fraction of sp³-hybridized carbons (Fsp3) is 0.0833. The molecule has 0 atom stereocenters. The SMILES string of the molecule is C/C(=N/Nc1ccc(S(=O)(=O)[O-])cc1)c1ccc([N+](=O)[O-])o1. The van der Waals surface area contributed by atoms with Gasteiger partial charge in [-0.3, -0.25) is 15.5 Å². The minimum atomic E-state index is -4.49. The first-order valence-electron chi connectivity index (χ1n) is 5.88. The summed E-state index contributed by atoms with van der Waals surface area (Å²) < 4.78 is 37.3. The van der Waals surface area contributed by atoms with Crippen LogP contribution in [0.3, 0.4) is 0 Å². The molecule has 1 N–H and O–H groups in total. The van der Waals surface area contributed by atoms with Gasteiger partial charge in [0.25, 0.3) is 0 Å². The van der Waals surface area contributed by atoms with Crippen LogP contribution in [0.25, 0.3) is 0 Å². The van der Waals surface area contributed by atoms with Crippen LogP contribution in [0.5, 0.6) is 0 Å². The maximum absolute atomic E-state index is 10.8. The number of nitrogens with zero attached hydrogens (tertiary/aromatic N) is 2. The number of furan rings is 1. The second-order valence-corrected chi connectivity index (χ2v) is 5.56. The lowest BCUT2D eigenvalue weighted by Crippen LogP contribution is -2.00. The summed E-state index contributed by atoms with van der Waals surface area (Å²) in [5.41, 5.74) is 3.41. The van der Waals surface area contributed by atoms with Gasteiger partial charge in [0.1, 0.15) is 20.8 Å². The molecule has 22 heavy (non-hydrogen) atoms. The van der Waals surface area contributed by atoms with E-state index < -0.39 is 20.9 Å². The molecule has 116 valence electrons. The first kappa shape index (κ1) is 15.7. The third-order valence-electron chi connectivity index (χ3n) is 2.62. The van der Waals surface area contributed by atoms with E-state index in [1.54, 1.807) is 6.92 Å². The Labute approximate surface area is 125 Å². The molecule has 0 radical (unpaired) electrons. The third-order valence-corrected chi connectivity index (χ3v) is 3.47. The third kappa shape index (κ3) is 3.68. The summed E-state index contributed by atoms with van der Waals surface area (Å²) in [7, 11) is -4.49. The molecule has 0 spiro atoms. The number of nitro groups is 1. The zero-order valence-corrected chi connectivity index (χ0v) is 12.0. The fourth-order valence-corrected chi connectivity index (χ4v) is 1.99. The molecule has 0 fully saturated rings. The van der Waals surface area contributed by atoms with Crippen LogP contribution >= 0.6 is 0 Å². The number of anilines is 1. The molecule has 0 aliphatic carbocycles. The fourth-order valence-electron chi connectivity index (χ4n) is 1.52. The maximum atomic E-state index is 10.8. The number of hydrazone groups is 1. The highest BCUT2D eigenvalue weighted by atomic mass is 32.2. The number of hydrogen-bond acceptors (Lipinski definition) is 8. The lowest BCUT2D eigenvalue weighted by atomic mass is 10.3. The lowest BCUT2D eigenvalue weighted by molar-refractivity contribution is -0.402. The first-order chi connectivity index (χ1) is 10.3. The van der Waals surface area contributed by atoms with Gasteiger partial charge in [0.2, 0.25) is 0 Å². The molecule has 9 nitrogen and oxygen atoms in total. The average Bonchev–Trinajstić information content (AvgIpc) is 2.94. The Bertz CT molecular complexity index is 823. The molecular weight excluding hydrogens is 314 g/mol. The van der Waals surface area contributed by atoms with Gasteiger partial charge in [0.05, 0.1) is 16.6 Å². The topological polar surface area (TPSA) is 138 Å². The van der Waals surface area contributed by atoms with E-state index in [0.29, 0.717) is 11.4 Å². The van der Waals surface area contributed by atoms with Gasteiger partial charge in [-0.05, 0) is 37.3 Å². The number of hydrogen-bond donors (Lipinski definition) is 1. The van der Waals surface area contributed by atoms with E-state index in [1.165, 1.54) is 24.3 Å². The molecule has 0 amide bonds.